The smallest absolute Gasteiger partial charge is 0.407 e. The monoisotopic (exact) mass is 225 g/mol. The Morgan fingerprint density at radius 1 is 1.31 bits per heavy atom. The van der Waals surface area contributed by atoms with Crippen LogP contribution in [0.25, 0.3) is 0 Å². The molecule has 0 aromatic heterocycles. The van der Waals surface area contributed by atoms with Gasteiger partial charge in [0.2, 0.25) is 0 Å². The van der Waals surface area contributed by atoms with Crippen molar-refractivity contribution in [1.29, 1.82) is 0 Å². The number of rotatable bonds is 5. The Kier molecular flexibility index (Phi) is 4.75. The molecule has 3 N–H and O–H groups in total. The first-order chi connectivity index (χ1) is 7.65. The number of aliphatic hydroxyl groups is 2. The largest absolute Gasteiger partial charge is 0.465 e. The highest BCUT2D eigenvalue weighted by molar-refractivity contribution is 5.65. The normalized spacial score (nSPS) is 12.1. The Bertz CT molecular complexity index is 328. The lowest BCUT2D eigenvalue weighted by molar-refractivity contribution is 0.0872. The predicted octanol–water partition coefficient (Wildman–Crippen LogP) is 0.692. The molecule has 0 fully saturated rings. The Balaban J connectivity index is 2.61. The van der Waals surface area contributed by atoms with Gasteiger partial charge >= 0.3 is 6.09 Å². The highest BCUT2D eigenvalue weighted by atomic mass is 16.4. The van der Waals surface area contributed by atoms with Gasteiger partial charge in [-0.2, -0.15) is 0 Å². The number of amides is 1. The maximum Gasteiger partial charge on any atom is 0.407 e. The summed E-state index contributed by atoms with van der Waals surface area (Å²) in [5.74, 6) is 0. The van der Waals surface area contributed by atoms with Gasteiger partial charge in [-0.3, -0.25) is 0 Å². The van der Waals surface area contributed by atoms with Crippen LogP contribution >= 0.6 is 0 Å². The lowest BCUT2D eigenvalue weighted by Gasteiger charge is -2.21. The minimum Gasteiger partial charge on any atom is -0.465 e. The summed E-state index contributed by atoms with van der Waals surface area (Å²) in [4.78, 5) is 11.7. The molecule has 0 aliphatic rings. The quantitative estimate of drug-likeness (QED) is 0.688. The van der Waals surface area contributed by atoms with E-state index in [1.54, 1.807) is 24.3 Å². The topological polar surface area (TPSA) is 81.0 Å². The van der Waals surface area contributed by atoms with Gasteiger partial charge in [-0.05, 0) is 5.56 Å². The molecule has 1 atom stereocenters. The Morgan fingerprint density at radius 2 is 1.94 bits per heavy atom. The van der Waals surface area contributed by atoms with E-state index in [1.165, 1.54) is 0 Å². The van der Waals surface area contributed by atoms with Crippen LogP contribution in [-0.2, 0) is 0 Å². The molecule has 5 heteroatoms. The zero-order chi connectivity index (χ0) is 12.0. The number of carboxylic acid groups (broad SMARTS) is 1. The van der Waals surface area contributed by atoms with Gasteiger partial charge in [0.05, 0.1) is 19.3 Å². The third-order valence-corrected chi connectivity index (χ3v) is 2.22. The van der Waals surface area contributed by atoms with Crippen LogP contribution in [0.3, 0.4) is 0 Å². The van der Waals surface area contributed by atoms with Crippen LogP contribution < -0.4 is 0 Å². The molecule has 0 aliphatic heterocycles. The zero-order valence-corrected chi connectivity index (χ0v) is 8.78. The van der Waals surface area contributed by atoms with Crippen molar-refractivity contribution >= 4 is 6.09 Å². The first-order valence-corrected chi connectivity index (χ1v) is 4.97. The summed E-state index contributed by atoms with van der Waals surface area (Å²) in [5.41, 5.74) is 0.659. The van der Waals surface area contributed by atoms with Crippen molar-refractivity contribution in [3.8, 4) is 0 Å². The highest BCUT2D eigenvalue weighted by Gasteiger charge is 2.16. The fourth-order valence-electron chi connectivity index (χ4n) is 1.38. The van der Waals surface area contributed by atoms with E-state index in [-0.39, 0.29) is 19.7 Å². The summed E-state index contributed by atoms with van der Waals surface area (Å²) in [6.45, 7) is -0.299. The molecule has 0 spiro atoms. The average Bonchev–Trinajstić information content (AvgIpc) is 2.29. The van der Waals surface area contributed by atoms with Crippen molar-refractivity contribution in [1.82, 2.24) is 4.90 Å². The molecule has 0 radical (unpaired) electrons. The summed E-state index contributed by atoms with van der Waals surface area (Å²) in [5, 5.41) is 27.3. The summed E-state index contributed by atoms with van der Waals surface area (Å²) < 4.78 is 0. The SMILES string of the molecule is O=C(O)N(CCO)C[C@@H](O)c1ccccc1. The standard InChI is InChI=1S/C11H15NO4/c13-7-6-12(11(15)16)8-10(14)9-4-2-1-3-5-9/h1-5,10,13-14H,6-8H2,(H,15,16)/t10-/m1/s1. The van der Waals surface area contributed by atoms with Crippen LogP contribution in [0.1, 0.15) is 11.7 Å². The third kappa shape index (κ3) is 3.52. The predicted molar refractivity (Wildman–Crippen MR) is 58.1 cm³/mol. The molecule has 1 aromatic rings. The first-order valence-electron chi connectivity index (χ1n) is 4.97. The summed E-state index contributed by atoms with van der Waals surface area (Å²) >= 11 is 0. The minimum atomic E-state index is -1.15. The molecule has 0 bridgehead atoms. The highest BCUT2D eigenvalue weighted by Crippen LogP contribution is 2.13. The number of aliphatic hydroxyl groups excluding tert-OH is 2. The molecular weight excluding hydrogens is 210 g/mol. The van der Waals surface area contributed by atoms with Gasteiger partial charge in [-0.1, -0.05) is 30.3 Å². The van der Waals surface area contributed by atoms with E-state index in [9.17, 15) is 9.90 Å². The van der Waals surface area contributed by atoms with Crippen LogP contribution in [0.4, 0.5) is 4.79 Å². The van der Waals surface area contributed by atoms with Gasteiger partial charge in [0.1, 0.15) is 0 Å². The van der Waals surface area contributed by atoms with Crippen LogP contribution in [0.2, 0.25) is 0 Å². The molecule has 16 heavy (non-hydrogen) atoms. The first kappa shape index (κ1) is 12.5. The molecule has 0 unspecified atom stereocenters. The van der Waals surface area contributed by atoms with E-state index < -0.39 is 12.2 Å². The van der Waals surface area contributed by atoms with E-state index in [4.69, 9.17) is 10.2 Å². The molecule has 1 rings (SSSR count). The lowest BCUT2D eigenvalue weighted by atomic mass is 10.1. The Hall–Kier alpha value is -1.59. The molecule has 5 nitrogen and oxygen atoms in total. The number of carbonyl (C=O) groups is 1. The summed E-state index contributed by atoms with van der Waals surface area (Å²) in [7, 11) is 0. The fraction of sp³-hybridized carbons (Fsp3) is 0.364. The fourth-order valence-corrected chi connectivity index (χ4v) is 1.38. The zero-order valence-electron chi connectivity index (χ0n) is 8.78. The van der Waals surface area contributed by atoms with Gasteiger partial charge in [-0.25, -0.2) is 4.79 Å². The Labute approximate surface area is 93.6 Å². The van der Waals surface area contributed by atoms with E-state index in [1.807, 2.05) is 6.07 Å². The Morgan fingerprint density at radius 3 is 2.44 bits per heavy atom. The summed E-state index contributed by atoms with van der Waals surface area (Å²) in [6, 6.07) is 8.82. The molecular formula is C11H15NO4. The molecule has 0 aliphatic carbocycles. The van der Waals surface area contributed by atoms with Crippen molar-refractivity contribution in [3.63, 3.8) is 0 Å². The van der Waals surface area contributed by atoms with Crippen molar-refractivity contribution in [2.24, 2.45) is 0 Å². The number of nitrogens with zero attached hydrogens (tertiary/aromatic N) is 1. The van der Waals surface area contributed by atoms with Gasteiger partial charge < -0.3 is 20.2 Å². The van der Waals surface area contributed by atoms with Gasteiger partial charge in [-0.15, -0.1) is 0 Å². The van der Waals surface area contributed by atoms with Crippen molar-refractivity contribution < 1.29 is 20.1 Å². The van der Waals surface area contributed by atoms with E-state index in [2.05, 4.69) is 0 Å². The van der Waals surface area contributed by atoms with Crippen LogP contribution in [-0.4, -0.2) is 46.0 Å². The van der Waals surface area contributed by atoms with E-state index in [0.29, 0.717) is 5.56 Å². The second-order valence-corrected chi connectivity index (χ2v) is 3.38. The second kappa shape index (κ2) is 6.09. The third-order valence-electron chi connectivity index (χ3n) is 2.22. The van der Waals surface area contributed by atoms with Crippen LogP contribution in [0.15, 0.2) is 30.3 Å². The maximum atomic E-state index is 10.8. The molecule has 0 saturated heterocycles. The van der Waals surface area contributed by atoms with Crippen LogP contribution in [0.5, 0.6) is 0 Å². The van der Waals surface area contributed by atoms with Crippen molar-refractivity contribution in [2.45, 2.75) is 6.10 Å². The number of benzene rings is 1. The van der Waals surface area contributed by atoms with E-state index >= 15 is 0 Å². The average molecular weight is 225 g/mol. The van der Waals surface area contributed by atoms with Gasteiger partial charge in [0.15, 0.2) is 0 Å². The lowest BCUT2D eigenvalue weighted by Crippen LogP contribution is -2.35. The molecule has 1 amide bonds. The number of hydrogen-bond acceptors (Lipinski definition) is 3. The van der Waals surface area contributed by atoms with Crippen LogP contribution in [0, 0.1) is 0 Å². The minimum absolute atomic E-state index is 0.000767. The molecule has 88 valence electrons. The molecule has 1 aromatic carbocycles. The van der Waals surface area contributed by atoms with Gasteiger partial charge in [0.25, 0.3) is 0 Å². The van der Waals surface area contributed by atoms with Crippen molar-refractivity contribution in [2.75, 3.05) is 19.7 Å². The van der Waals surface area contributed by atoms with Gasteiger partial charge in [0, 0.05) is 6.54 Å². The van der Waals surface area contributed by atoms with Crippen molar-refractivity contribution in [3.05, 3.63) is 35.9 Å². The molecule has 0 saturated carbocycles. The summed E-state index contributed by atoms with van der Waals surface area (Å²) in [6.07, 6.45) is -2.02. The number of hydrogen-bond donors (Lipinski definition) is 3. The maximum absolute atomic E-state index is 10.8. The second-order valence-electron chi connectivity index (χ2n) is 3.38. The molecule has 0 heterocycles. The van der Waals surface area contributed by atoms with E-state index in [0.717, 1.165) is 4.90 Å².